The van der Waals surface area contributed by atoms with E-state index in [4.69, 9.17) is 5.11 Å². The van der Waals surface area contributed by atoms with Gasteiger partial charge in [0, 0.05) is 11.3 Å². The Bertz CT molecular complexity index is 925. The van der Waals surface area contributed by atoms with Crippen LogP contribution in [0.25, 0.3) is 0 Å². The molecule has 0 spiro atoms. The molecular formula is C19H21NO5S. The Labute approximate surface area is 152 Å². The predicted molar refractivity (Wildman–Crippen MR) is 100 cm³/mol. The van der Waals surface area contributed by atoms with Gasteiger partial charge >= 0.3 is 5.97 Å². The second-order valence-corrected chi connectivity index (χ2v) is 9.65. The molecule has 2 rings (SSSR count). The Morgan fingerprint density at radius 1 is 1.00 bits per heavy atom. The van der Waals surface area contributed by atoms with Crippen molar-refractivity contribution in [2.45, 2.75) is 31.3 Å². The van der Waals surface area contributed by atoms with Gasteiger partial charge in [-0.15, -0.1) is 0 Å². The van der Waals surface area contributed by atoms with Crippen molar-refractivity contribution in [2.75, 3.05) is 5.32 Å². The molecule has 2 aromatic rings. The van der Waals surface area contributed by atoms with Gasteiger partial charge in [0.05, 0.1) is 16.1 Å². The van der Waals surface area contributed by atoms with E-state index in [2.05, 4.69) is 5.32 Å². The van der Waals surface area contributed by atoms with E-state index in [0.717, 1.165) is 0 Å². The zero-order valence-corrected chi connectivity index (χ0v) is 15.6. The van der Waals surface area contributed by atoms with Gasteiger partial charge in [-0.2, -0.15) is 0 Å². The SMILES string of the molecule is CC(C)(C)S(=O)(=O)Cc1cccc(NC(=O)c2ccc(C(=O)O)cc2)c1. The summed E-state index contributed by atoms with van der Waals surface area (Å²) in [6.07, 6.45) is 0. The minimum atomic E-state index is -3.33. The van der Waals surface area contributed by atoms with E-state index in [1.54, 1.807) is 45.0 Å². The first-order valence-corrected chi connectivity index (χ1v) is 9.61. The lowest BCUT2D eigenvalue weighted by Gasteiger charge is -2.19. The average Bonchev–Trinajstić information content (AvgIpc) is 2.53. The number of benzene rings is 2. The highest BCUT2D eigenvalue weighted by Gasteiger charge is 2.29. The molecule has 138 valence electrons. The quantitative estimate of drug-likeness (QED) is 0.835. The van der Waals surface area contributed by atoms with E-state index in [1.807, 2.05) is 0 Å². The van der Waals surface area contributed by atoms with Crippen LogP contribution < -0.4 is 5.32 Å². The molecule has 26 heavy (non-hydrogen) atoms. The van der Waals surface area contributed by atoms with E-state index in [0.29, 0.717) is 16.8 Å². The number of hydrogen-bond donors (Lipinski definition) is 2. The molecule has 0 atom stereocenters. The van der Waals surface area contributed by atoms with Crippen LogP contribution in [0.5, 0.6) is 0 Å². The third-order valence-corrected chi connectivity index (χ3v) is 6.45. The van der Waals surface area contributed by atoms with Crippen LogP contribution in [-0.4, -0.2) is 30.1 Å². The molecule has 0 aliphatic heterocycles. The molecule has 0 saturated heterocycles. The van der Waals surface area contributed by atoms with Gasteiger partial charge in [0.15, 0.2) is 9.84 Å². The number of sulfone groups is 1. The number of hydrogen-bond acceptors (Lipinski definition) is 4. The Kier molecular flexibility index (Phi) is 5.51. The summed E-state index contributed by atoms with van der Waals surface area (Å²) in [6.45, 7) is 4.94. The van der Waals surface area contributed by atoms with Crippen LogP contribution in [-0.2, 0) is 15.6 Å². The third-order valence-electron chi connectivity index (χ3n) is 3.87. The molecular weight excluding hydrogens is 354 g/mol. The highest BCUT2D eigenvalue weighted by molar-refractivity contribution is 7.91. The Morgan fingerprint density at radius 3 is 2.12 bits per heavy atom. The molecule has 7 heteroatoms. The highest BCUT2D eigenvalue weighted by Crippen LogP contribution is 2.22. The maximum Gasteiger partial charge on any atom is 0.335 e. The number of carbonyl (C=O) groups excluding carboxylic acids is 1. The van der Waals surface area contributed by atoms with Crippen molar-refractivity contribution in [1.82, 2.24) is 0 Å². The van der Waals surface area contributed by atoms with Crippen molar-refractivity contribution in [2.24, 2.45) is 0 Å². The van der Waals surface area contributed by atoms with Crippen LogP contribution in [0, 0.1) is 0 Å². The molecule has 6 nitrogen and oxygen atoms in total. The van der Waals surface area contributed by atoms with Crippen molar-refractivity contribution in [3.8, 4) is 0 Å². The van der Waals surface area contributed by atoms with Crippen LogP contribution in [0.3, 0.4) is 0 Å². The number of carbonyl (C=O) groups is 2. The number of amides is 1. The van der Waals surface area contributed by atoms with Crippen molar-refractivity contribution in [3.05, 3.63) is 65.2 Å². The molecule has 0 aliphatic carbocycles. The van der Waals surface area contributed by atoms with Crippen molar-refractivity contribution in [3.63, 3.8) is 0 Å². The number of rotatable bonds is 5. The van der Waals surface area contributed by atoms with Gasteiger partial charge in [-0.3, -0.25) is 4.79 Å². The normalized spacial score (nSPS) is 11.8. The smallest absolute Gasteiger partial charge is 0.335 e. The van der Waals surface area contributed by atoms with Crippen LogP contribution >= 0.6 is 0 Å². The molecule has 0 fully saturated rings. The zero-order chi connectivity index (χ0) is 19.5. The molecule has 0 unspecified atom stereocenters. The van der Waals surface area contributed by atoms with E-state index >= 15 is 0 Å². The second-order valence-electron chi connectivity index (χ2n) is 6.91. The molecule has 0 aromatic heterocycles. The number of aromatic carboxylic acids is 1. The molecule has 1 amide bonds. The lowest BCUT2D eigenvalue weighted by molar-refractivity contribution is 0.0696. The summed E-state index contributed by atoms with van der Waals surface area (Å²) < 4.78 is 23.8. The molecule has 2 N–H and O–H groups in total. The van der Waals surface area contributed by atoms with Crippen LogP contribution in [0.1, 0.15) is 47.1 Å². The summed E-state index contributed by atoms with van der Waals surface area (Å²) in [5.74, 6) is -1.59. The van der Waals surface area contributed by atoms with Gasteiger partial charge < -0.3 is 10.4 Å². The summed E-state index contributed by atoms with van der Waals surface area (Å²) in [4.78, 5) is 23.1. The van der Waals surface area contributed by atoms with Crippen LogP contribution in [0.2, 0.25) is 0 Å². The third kappa shape index (κ3) is 4.70. The van der Waals surface area contributed by atoms with Gasteiger partial charge in [0.2, 0.25) is 0 Å². The monoisotopic (exact) mass is 375 g/mol. The fraction of sp³-hybridized carbons (Fsp3) is 0.263. The molecule has 0 radical (unpaired) electrons. The van der Waals surface area contributed by atoms with Gasteiger partial charge in [-0.05, 0) is 62.7 Å². The molecule has 2 aromatic carbocycles. The first kappa shape index (κ1) is 19.7. The summed E-state index contributed by atoms with van der Waals surface area (Å²) in [5.41, 5.74) is 1.46. The Morgan fingerprint density at radius 2 is 1.58 bits per heavy atom. The maximum atomic E-state index is 12.3. The second kappa shape index (κ2) is 7.29. The Balaban J connectivity index is 2.15. The highest BCUT2D eigenvalue weighted by atomic mass is 32.2. The fourth-order valence-corrected chi connectivity index (χ4v) is 3.19. The first-order valence-electron chi connectivity index (χ1n) is 7.95. The number of anilines is 1. The lowest BCUT2D eigenvalue weighted by Crippen LogP contribution is -2.29. The fourth-order valence-electron chi connectivity index (χ4n) is 2.14. The first-order chi connectivity index (χ1) is 12.0. The Hall–Kier alpha value is -2.67. The van der Waals surface area contributed by atoms with E-state index in [9.17, 15) is 18.0 Å². The topological polar surface area (TPSA) is 101 Å². The summed E-state index contributed by atoms with van der Waals surface area (Å²) >= 11 is 0. The van der Waals surface area contributed by atoms with Gasteiger partial charge in [0.1, 0.15) is 0 Å². The zero-order valence-electron chi connectivity index (χ0n) is 14.8. The summed E-state index contributed by atoms with van der Waals surface area (Å²) in [6, 6.07) is 12.2. The van der Waals surface area contributed by atoms with Crippen molar-refractivity contribution in [1.29, 1.82) is 0 Å². The molecule has 0 heterocycles. The molecule has 0 bridgehead atoms. The van der Waals surface area contributed by atoms with E-state index in [1.165, 1.54) is 24.3 Å². The molecule has 0 aliphatic rings. The van der Waals surface area contributed by atoms with Crippen molar-refractivity contribution < 1.29 is 23.1 Å². The minimum Gasteiger partial charge on any atom is -0.478 e. The average molecular weight is 375 g/mol. The summed E-state index contributed by atoms with van der Waals surface area (Å²) in [7, 11) is -3.33. The van der Waals surface area contributed by atoms with Crippen LogP contribution in [0.15, 0.2) is 48.5 Å². The lowest BCUT2D eigenvalue weighted by atomic mass is 10.1. The van der Waals surface area contributed by atoms with E-state index < -0.39 is 26.5 Å². The van der Waals surface area contributed by atoms with Gasteiger partial charge in [0.25, 0.3) is 5.91 Å². The minimum absolute atomic E-state index is 0.0935. The van der Waals surface area contributed by atoms with Gasteiger partial charge in [-0.1, -0.05) is 12.1 Å². The van der Waals surface area contributed by atoms with E-state index in [-0.39, 0.29) is 11.3 Å². The van der Waals surface area contributed by atoms with Gasteiger partial charge in [-0.25, -0.2) is 13.2 Å². The maximum absolute atomic E-state index is 12.3. The van der Waals surface area contributed by atoms with Crippen molar-refractivity contribution >= 4 is 27.4 Å². The standard InChI is InChI=1S/C19H21NO5S/c1-19(2,3)26(24,25)12-13-5-4-6-16(11-13)20-17(21)14-7-9-15(10-8-14)18(22)23/h4-11H,12H2,1-3H3,(H,20,21)(H,22,23). The number of carboxylic acid groups (broad SMARTS) is 1. The van der Waals surface area contributed by atoms with Crippen LogP contribution in [0.4, 0.5) is 5.69 Å². The largest absolute Gasteiger partial charge is 0.478 e. The molecule has 0 saturated carbocycles. The predicted octanol–water partition coefficient (Wildman–Crippen LogP) is 3.35. The summed E-state index contributed by atoms with van der Waals surface area (Å²) in [5, 5.41) is 11.6. The number of nitrogens with one attached hydrogen (secondary N) is 1. The number of carboxylic acids is 1.